The molecular formula is C8H19NO2. The van der Waals surface area contributed by atoms with E-state index in [1.807, 2.05) is 0 Å². The third-order valence-electron chi connectivity index (χ3n) is 1.48. The van der Waals surface area contributed by atoms with E-state index in [0.29, 0.717) is 0 Å². The van der Waals surface area contributed by atoms with E-state index in [1.54, 1.807) is 0 Å². The molecule has 3 heteroatoms. The van der Waals surface area contributed by atoms with Crippen LogP contribution >= 0.6 is 0 Å². The molecule has 0 fully saturated rings. The van der Waals surface area contributed by atoms with Gasteiger partial charge >= 0.3 is 6.09 Å². The second-order valence-corrected chi connectivity index (χ2v) is 2.64. The highest BCUT2D eigenvalue weighted by Crippen LogP contribution is 2.07. The Morgan fingerprint density at radius 1 is 1.55 bits per heavy atom. The Kier molecular flexibility index (Phi) is 10.9. The number of hydrogen-bond donors (Lipinski definition) is 2. The van der Waals surface area contributed by atoms with E-state index in [1.165, 1.54) is 19.3 Å². The van der Waals surface area contributed by atoms with Crippen LogP contribution in [0, 0.1) is 5.92 Å². The van der Waals surface area contributed by atoms with Gasteiger partial charge in [0.15, 0.2) is 0 Å². The van der Waals surface area contributed by atoms with Crippen LogP contribution in [0.4, 0.5) is 4.79 Å². The van der Waals surface area contributed by atoms with E-state index in [2.05, 4.69) is 26.5 Å². The van der Waals surface area contributed by atoms with Crippen LogP contribution in [0.1, 0.15) is 40.0 Å². The van der Waals surface area contributed by atoms with Crippen LogP contribution in [0.25, 0.3) is 0 Å². The minimum atomic E-state index is -1.33. The van der Waals surface area contributed by atoms with E-state index < -0.39 is 6.09 Å². The minimum absolute atomic E-state index is 0.949. The third kappa shape index (κ3) is 26.9. The molecule has 68 valence electrons. The molecule has 0 bridgehead atoms. The molecule has 3 N–H and O–H groups in total. The zero-order valence-electron chi connectivity index (χ0n) is 7.63. The van der Waals surface area contributed by atoms with Gasteiger partial charge in [-0.15, -0.1) is 0 Å². The monoisotopic (exact) mass is 161 g/mol. The van der Waals surface area contributed by atoms with Crippen molar-refractivity contribution < 1.29 is 9.90 Å². The Bertz CT molecular complexity index is 90.1. The van der Waals surface area contributed by atoms with E-state index >= 15 is 0 Å². The molecule has 0 aromatic heterocycles. The first-order valence-corrected chi connectivity index (χ1v) is 4.02. The molecule has 0 radical (unpaired) electrons. The predicted octanol–water partition coefficient (Wildman–Crippen LogP) is 2.46. The second kappa shape index (κ2) is 9.27. The van der Waals surface area contributed by atoms with Gasteiger partial charge in [-0.1, -0.05) is 40.0 Å². The maximum Gasteiger partial charge on any atom is 0.402 e. The SMILES string of the molecule is CCCC(C)CC.NC(=O)O. The number of primary amides is 1. The summed E-state index contributed by atoms with van der Waals surface area (Å²) >= 11 is 0. The predicted molar refractivity (Wildman–Crippen MR) is 46.6 cm³/mol. The Labute approximate surface area is 68.6 Å². The minimum Gasteiger partial charge on any atom is -0.465 e. The maximum atomic E-state index is 8.78. The lowest BCUT2D eigenvalue weighted by molar-refractivity contribution is 0.205. The molecule has 1 amide bonds. The molecule has 0 aromatic rings. The molecule has 0 aliphatic rings. The molecule has 3 nitrogen and oxygen atoms in total. The molecule has 0 spiro atoms. The van der Waals surface area contributed by atoms with Gasteiger partial charge < -0.3 is 10.8 Å². The normalized spacial score (nSPS) is 11.2. The van der Waals surface area contributed by atoms with Crippen LogP contribution in [0.5, 0.6) is 0 Å². The van der Waals surface area contributed by atoms with Crippen molar-refractivity contribution in [2.75, 3.05) is 0 Å². The molecule has 0 aliphatic carbocycles. The summed E-state index contributed by atoms with van der Waals surface area (Å²) in [6, 6.07) is 0. The van der Waals surface area contributed by atoms with Crippen molar-refractivity contribution in [1.29, 1.82) is 0 Å². The van der Waals surface area contributed by atoms with Crippen LogP contribution < -0.4 is 5.73 Å². The van der Waals surface area contributed by atoms with Crippen molar-refractivity contribution in [1.82, 2.24) is 0 Å². The van der Waals surface area contributed by atoms with Crippen LogP contribution in [-0.2, 0) is 0 Å². The number of carboxylic acid groups (broad SMARTS) is 1. The van der Waals surface area contributed by atoms with Gasteiger partial charge in [0.25, 0.3) is 0 Å². The van der Waals surface area contributed by atoms with Crippen molar-refractivity contribution in [3.05, 3.63) is 0 Å². The molecule has 0 saturated heterocycles. The van der Waals surface area contributed by atoms with E-state index in [4.69, 9.17) is 9.90 Å². The summed E-state index contributed by atoms with van der Waals surface area (Å²) in [5.41, 5.74) is 4.03. The van der Waals surface area contributed by atoms with Crippen molar-refractivity contribution >= 4 is 6.09 Å². The quantitative estimate of drug-likeness (QED) is 0.667. The molecule has 0 saturated carbocycles. The van der Waals surface area contributed by atoms with Gasteiger partial charge in [-0.3, -0.25) is 0 Å². The van der Waals surface area contributed by atoms with Crippen LogP contribution in [0.3, 0.4) is 0 Å². The summed E-state index contributed by atoms with van der Waals surface area (Å²) in [5.74, 6) is 0.949. The molecule has 0 aliphatic heterocycles. The molecule has 0 aromatic carbocycles. The summed E-state index contributed by atoms with van der Waals surface area (Å²) in [7, 11) is 0. The Morgan fingerprint density at radius 2 is 1.91 bits per heavy atom. The summed E-state index contributed by atoms with van der Waals surface area (Å²) in [6.07, 6.45) is 2.75. The zero-order chi connectivity index (χ0) is 9.28. The topological polar surface area (TPSA) is 63.3 Å². The lowest BCUT2D eigenvalue weighted by Crippen LogP contribution is -2.03. The summed E-state index contributed by atoms with van der Waals surface area (Å²) < 4.78 is 0. The average Bonchev–Trinajstić information content (AvgIpc) is 1.87. The molecule has 1 atom stereocenters. The van der Waals surface area contributed by atoms with Gasteiger partial charge in [0.05, 0.1) is 0 Å². The van der Waals surface area contributed by atoms with Gasteiger partial charge in [-0.05, 0) is 5.92 Å². The number of hydrogen-bond acceptors (Lipinski definition) is 1. The van der Waals surface area contributed by atoms with Gasteiger partial charge in [0.2, 0.25) is 0 Å². The molecule has 1 unspecified atom stereocenters. The highest BCUT2D eigenvalue weighted by atomic mass is 16.4. The maximum absolute atomic E-state index is 8.78. The van der Waals surface area contributed by atoms with Crippen LogP contribution in [0.2, 0.25) is 0 Å². The zero-order valence-corrected chi connectivity index (χ0v) is 7.63. The summed E-state index contributed by atoms with van der Waals surface area (Å²) in [4.78, 5) is 8.78. The average molecular weight is 161 g/mol. The van der Waals surface area contributed by atoms with Gasteiger partial charge in [0, 0.05) is 0 Å². The number of amides is 1. The van der Waals surface area contributed by atoms with Gasteiger partial charge in [-0.2, -0.15) is 0 Å². The molecular weight excluding hydrogens is 142 g/mol. The first-order valence-electron chi connectivity index (χ1n) is 4.02. The van der Waals surface area contributed by atoms with Crippen molar-refractivity contribution in [3.63, 3.8) is 0 Å². The van der Waals surface area contributed by atoms with E-state index in [9.17, 15) is 0 Å². The number of nitrogens with two attached hydrogens (primary N) is 1. The molecule has 0 heterocycles. The van der Waals surface area contributed by atoms with Crippen molar-refractivity contribution in [2.24, 2.45) is 11.7 Å². The Balaban J connectivity index is 0. The first-order chi connectivity index (χ1) is 5.04. The summed E-state index contributed by atoms with van der Waals surface area (Å²) in [5, 5.41) is 7.19. The molecule has 11 heavy (non-hydrogen) atoms. The number of rotatable bonds is 3. The number of carbonyl (C=O) groups is 1. The molecule has 0 rings (SSSR count). The van der Waals surface area contributed by atoms with Crippen LogP contribution in [-0.4, -0.2) is 11.2 Å². The fourth-order valence-corrected chi connectivity index (χ4v) is 0.697. The third-order valence-corrected chi connectivity index (χ3v) is 1.48. The van der Waals surface area contributed by atoms with Crippen LogP contribution in [0.15, 0.2) is 0 Å². The summed E-state index contributed by atoms with van der Waals surface area (Å²) in [6.45, 7) is 6.80. The fraction of sp³-hybridized carbons (Fsp3) is 0.875. The van der Waals surface area contributed by atoms with E-state index in [-0.39, 0.29) is 0 Å². The fourth-order valence-electron chi connectivity index (χ4n) is 0.697. The Morgan fingerprint density at radius 3 is 2.00 bits per heavy atom. The first kappa shape index (κ1) is 12.9. The van der Waals surface area contributed by atoms with Crippen molar-refractivity contribution in [2.45, 2.75) is 40.0 Å². The van der Waals surface area contributed by atoms with E-state index in [0.717, 1.165) is 5.92 Å². The van der Waals surface area contributed by atoms with Gasteiger partial charge in [0.1, 0.15) is 0 Å². The standard InChI is InChI=1S/C7H16.CH3NO2/c1-4-6-7(3)5-2;2-1(3)4/h7H,4-6H2,1-3H3;2H2,(H,3,4). The lowest BCUT2D eigenvalue weighted by Gasteiger charge is -2.02. The van der Waals surface area contributed by atoms with Gasteiger partial charge in [-0.25, -0.2) is 4.79 Å². The van der Waals surface area contributed by atoms with Crippen molar-refractivity contribution in [3.8, 4) is 0 Å². The second-order valence-electron chi connectivity index (χ2n) is 2.64. The lowest BCUT2D eigenvalue weighted by atomic mass is 10.0. The highest BCUT2D eigenvalue weighted by molar-refractivity contribution is 5.61. The largest absolute Gasteiger partial charge is 0.465 e. The Hall–Kier alpha value is -0.730. The smallest absolute Gasteiger partial charge is 0.402 e. The highest BCUT2D eigenvalue weighted by Gasteiger charge is 1.92.